The molecule has 0 saturated carbocycles. The van der Waals surface area contributed by atoms with Gasteiger partial charge in [0.15, 0.2) is 0 Å². The third kappa shape index (κ3) is 33.9. The van der Waals surface area contributed by atoms with E-state index in [0.29, 0.717) is 0 Å². The zero-order chi connectivity index (χ0) is 17.8. The Morgan fingerprint density at radius 2 is 0.792 bits per heavy atom. The minimum Gasteiger partial charge on any atom is -1.00 e. The van der Waals surface area contributed by atoms with Crippen molar-refractivity contribution < 1.29 is 26.6 Å². The van der Waals surface area contributed by atoms with E-state index in [-0.39, 0.29) is 23.6 Å². The highest BCUT2D eigenvalue weighted by Crippen LogP contribution is 2.13. The van der Waals surface area contributed by atoms with Crippen LogP contribution in [0.1, 0.15) is 104 Å². The van der Waals surface area contributed by atoms with Crippen molar-refractivity contribution in [2.75, 3.05) is 34.3 Å². The summed E-state index contributed by atoms with van der Waals surface area (Å²) in [6.45, 7) is 5.56. The van der Waals surface area contributed by atoms with E-state index in [9.17, 15) is 0 Å². The van der Waals surface area contributed by atoms with Gasteiger partial charge in [0.1, 0.15) is 0 Å². The summed E-state index contributed by atoms with van der Waals surface area (Å²) >= 11 is 0. The Kier molecular flexibility index (Phi) is 28.4. The standard InChI is InChI=1S/C19H42N.C2H6O.BrH/c1-5-6-7-8-9-10-11-12-13-14-15-16-17-18-19-20(2,3)4;1-2-3;/h5-19H2,1-4H3;3H,2H2,1H3;1H/q+1;;/p-1. The normalized spacial score (nSPS) is 10.8. The molecule has 0 bridgehead atoms. The maximum atomic E-state index is 7.57. The number of unbranched alkanes of at least 4 members (excludes halogenated alkanes) is 13. The fraction of sp³-hybridized carbons (Fsp3) is 1.00. The quantitative estimate of drug-likeness (QED) is 0.325. The lowest BCUT2D eigenvalue weighted by molar-refractivity contribution is -0.870. The van der Waals surface area contributed by atoms with Crippen molar-refractivity contribution in [3.63, 3.8) is 0 Å². The van der Waals surface area contributed by atoms with Crippen LogP contribution in [0, 0.1) is 0 Å². The number of nitrogens with zero attached hydrogens (tertiary/aromatic N) is 1. The monoisotopic (exact) mass is 409 g/mol. The molecule has 0 saturated heterocycles. The molecule has 0 fully saturated rings. The van der Waals surface area contributed by atoms with E-state index in [1.54, 1.807) is 6.92 Å². The van der Waals surface area contributed by atoms with E-state index in [0.717, 1.165) is 4.48 Å². The lowest BCUT2D eigenvalue weighted by atomic mass is 10.0. The van der Waals surface area contributed by atoms with Gasteiger partial charge in [-0.25, -0.2) is 0 Å². The topological polar surface area (TPSA) is 20.2 Å². The Morgan fingerprint density at radius 3 is 1.04 bits per heavy atom. The van der Waals surface area contributed by atoms with Crippen LogP contribution < -0.4 is 17.0 Å². The maximum absolute atomic E-state index is 7.57. The van der Waals surface area contributed by atoms with Crippen LogP contribution in [0.2, 0.25) is 0 Å². The van der Waals surface area contributed by atoms with Crippen LogP contribution >= 0.6 is 0 Å². The molecular formula is C21H48BrNO. The second-order valence-corrected chi connectivity index (χ2v) is 7.93. The molecule has 0 aliphatic heterocycles. The van der Waals surface area contributed by atoms with Crippen LogP contribution in [0.5, 0.6) is 0 Å². The number of halogens is 1. The molecule has 150 valence electrons. The zero-order valence-electron chi connectivity index (χ0n) is 17.6. The van der Waals surface area contributed by atoms with Gasteiger partial charge in [-0.2, -0.15) is 0 Å². The SMILES string of the molecule is CCCCCCCCCCCCCCCC[N+](C)(C)C.CCO.[Br-]. The van der Waals surface area contributed by atoms with Crippen molar-refractivity contribution in [1.82, 2.24) is 0 Å². The molecule has 0 atom stereocenters. The van der Waals surface area contributed by atoms with E-state index < -0.39 is 0 Å². The average molecular weight is 411 g/mol. The van der Waals surface area contributed by atoms with Crippen molar-refractivity contribution in [2.45, 2.75) is 104 Å². The number of rotatable bonds is 15. The van der Waals surface area contributed by atoms with Crippen molar-refractivity contribution in [2.24, 2.45) is 0 Å². The summed E-state index contributed by atoms with van der Waals surface area (Å²) in [5.74, 6) is 0. The number of aliphatic hydroxyl groups excluding tert-OH is 1. The van der Waals surface area contributed by atoms with Crippen LogP contribution in [0.3, 0.4) is 0 Å². The van der Waals surface area contributed by atoms with Crippen LogP contribution in [-0.4, -0.2) is 43.9 Å². The summed E-state index contributed by atoms with van der Waals surface area (Å²) in [5.41, 5.74) is 0. The Morgan fingerprint density at radius 1 is 0.542 bits per heavy atom. The minimum atomic E-state index is 0. The molecule has 0 aromatic heterocycles. The molecule has 2 nitrogen and oxygen atoms in total. The molecule has 0 spiro atoms. The highest BCUT2D eigenvalue weighted by molar-refractivity contribution is 4.49. The molecule has 1 N–H and O–H groups in total. The molecule has 0 aromatic rings. The van der Waals surface area contributed by atoms with E-state index in [1.807, 2.05) is 0 Å². The Balaban J connectivity index is -0.00000102. The van der Waals surface area contributed by atoms with E-state index in [2.05, 4.69) is 28.1 Å². The predicted octanol–water partition coefficient (Wildman–Crippen LogP) is 3.18. The predicted molar refractivity (Wildman–Crippen MR) is 106 cm³/mol. The number of hydrogen-bond acceptors (Lipinski definition) is 1. The molecular weight excluding hydrogens is 362 g/mol. The molecule has 0 aromatic carbocycles. The maximum Gasteiger partial charge on any atom is 0.0780 e. The van der Waals surface area contributed by atoms with Gasteiger partial charge in [0.25, 0.3) is 0 Å². The molecule has 24 heavy (non-hydrogen) atoms. The summed E-state index contributed by atoms with van der Waals surface area (Å²) in [4.78, 5) is 0. The summed E-state index contributed by atoms with van der Waals surface area (Å²) in [7, 11) is 6.88. The highest BCUT2D eigenvalue weighted by atomic mass is 79.9. The molecule has 0 unspecified atom stereocenters. The number of hydrogen-bond donors (Lipinski definition) is 1. The molecule has 0 amide bonds. The van der Waals surface area contributed by atoms with Crippen LogP contribution in [0.15, 0.2) is 0 Å². The van der Waals surface area contributed by atoms with Crippen LogP contribution in [-0.2, 0) is 0 Å². The molecule has 0 rings (SSSR count). The molecule has 0 aliphatic carbocycles. The van der Waals surface area contributed by atoms with Crippen molar-refractivity contribution in [1.29, 1.82) is 0 Å². The first-order chi connectivity index (χ1) is 11.0. The van der Waals surface area contributed by atoms with Gasteiger partial charge in [-0.3, -0.25) is 0 Å². The smallest absolute Gasteiger partial charge is 0.0780 e. The first kappa shape index (κ1) is 29.2. The first-order valence-corrected chi connectivity index (χ1v) is 10.4. The largest absolute Gasteiger partial charge is 1.00 e. The summed E-state index contributed by atoms with van der Waals surface area (Å²) in [6.07, 6.45) is 20.4. The minimum absolute atomic E-state index is 0. The van der Waals surface area contributed by atoms with Gasteiger partial charge in [0, 0.05) is 6.61 Å². The van der Waals surface area contributed by atoms with Gasteiger partial charge < -0.3 is 26.6 Å². The third-order valence-corrected chi connectivity index (χ3v) is 4.18. The Hall–Kier alpha value is 0.400. The van der Waals surface area contributed by atoms with Crippen molar-refractivity contribution >= 4 is 0 Å². The average Bonchev–Trinajstić information content (AvgIpc) is 2.47. The van der Waals surface area contributed by atoms with Crippen LogP contribution in [0.25, 0.3) is 0 Å². The third-order valence-electron chi connectivity index (χ3n) is 4.18. The highest BCUT2D eigenvalue weighted by Gasteiger charge is 2.04. The second kappa shape index (κ2) is 23.4. The van der Waals surface area contributed by atoms with Gasteiger partial charge >= 0.3 is 0 Å². The lowest BCUT2D eigenvalue weighted by Gasteiger charge is -2.23. The first-order valence-electron chi connectivity index (χ1n) is 10.4. The number of aliphatic hydroxyl groups is 1. The molecule has 3 heteroatoms. The molecule has 0 radical (unpaired) electrons. The molecule has 0 aliphatic rings. The van der Waals surface area contributed by atoms with E-state index in [1.165, 1.54) is 96.4 Å². The molecule has 0 heterocycles. The van der Waals surface area contributed by atoms with Gasteiger partial charge in [-0.05, 0) is 19.8 Å². The second-order valence-electron chi connectivity index (χ2n) is 7.93. The fourth-order valence-electron chi connectivity index (χ4n) is 2.78. The summed E-state index contributed by atoms with van der Waals surface area (Å²) in [6, 6.07) is 0. The van der Waals surface area contributed by atoms with Crippen molar-refractivity contribution in [3.05, 3.63) is 0 Å². The van der Waals surface area contributed by atoms with Gasteiger partial charge in [0.2, 0.25) is 0 Å². The van der Waals surface area contributed by atoms with Gasteiger partial charge in [-0.15, -0.1) is 0 Å². The number of quaternary nitrogens is 1. The fourth-order valence-corrected chi connectivity index (χ4v) is 2.78. The summed E-state index contributed by atoms with van der Waals surface area (Å²) < 4.78 is 1.12. The zero-order valence-corrected chi connectivity index (χ0v) is 19.2. The summed E-state index contributed by atoms with van der Waals surface area (Å²) in [5, 5.41) is 7.57. The Bertz CT molecular complexity index is 205. The Labute approximate surface area is 164 Å². The lowest BCUT2D eigenvalue weighted by Crippen LogP contribution is -3.00. The van der Waals surface area contributed by atoms with Crippen LogP contribution in [0.4, 0.5) is 0 Å². The van der Waals surface area contributed by atoms with Crippen molar-refractivity contribution in [3.8, 4) is 0 Å². The van der Waals surface area contributed by atoms with E-state index in [4.69, 9.17) is 5.11 Å². The van der Waals surface area contributed by atoms with Gasteiger partial charge in [0.05, 0.1) is 27.7 Å². The van der Waals surface area contributed by atoms with E-state index >= 15 is 0 Å². The van der Waals surface area contributed by atoms with Gasteiger partial charge in [-0.1, -0.05) is 84.0 Å².